The molecule has 0 aromatic heterocycles. The number of anilines is 2. The highest BCUT2D eigenvalue weighted by molar-refractivity contribution is 6.05. The molecular formula is C26H27N5O4. The topological polar surface area (TPSA) is 102 Å². The number of likely N-dealkylation sites (tertiary alicyclic amines) is 1. The molecule has 0 aliphatic carbocycles. The first-order chi connectivity index (χ1) is 17.0. The summed E-state index contributed by atoms with van der Waals surface area (Å²) in [6, 6.07) is 15.1. The second-order valence-corrected chi connectivity index (χ2v) is 9.75. The molecule has 3 saturated heterocycles. The van der Waals surface area contributed by atoms with Crippen LogP contribution in [0.3, 0.4) is 0 Å². The zero-order chi connectivity index (χ0) is 24.1. The Morgan fingerprint density at radius 2 is 1.80 bits per heavy atom. The molecule has 0 bridgehead atoms. The number of carbonyl (C=O) groups excluding carboxylic acids is 4. The summed E-state index contributed by atoms with van der Waals surface area (Å²) in [5, 5.41) is 5.31. The van der Waals surface area contributed by atoms with E-state index in [-0.39, 0.29) is 30.8 Å². The van der Waals surface area contributed by atoms with Crippen LogP contribution in [0.2, 0.25) is 0 Å². The Hall–Kier alpha value is -3.88. The summed E-state index contributed by atoms with van der Waals surface area (Å²) < 4.78 is 0. The van der Waals surface area contributed by atoms with Crippen molar-refractivity contribution in [1.82, 2.24) is 15.1 Å². The second kappa shape index (κ2) is 8.41. The van der Waals surface area contributed by atoms with E-state index in [0.717, 1.165) is 25.1 Å². The van der Waals surface area contributed by atoms with Crippen LogP contribution in [0.25, 0.3) is 0 Å². The molecule has 6 rings (SSSR count). The highest BCUT2D eigenvalue weighted by Gasteiger charge is 2.43. The standard InChI is InChI=1S/C26H27N5O4/c32-23-9-8-21(24(33)28-23)31-14-17-12-18(6-7-20(17)25(31)34)27-26(35)29-13-16-10-11-30(22(16)15-29)19-4-2-1-3-5-19/h1-7,12,16,21-22H,8-11,13-15H2,(H,27,35)(H,28,32,33)/t16-,21?,22?/m0/s1. The van der Waals surface area contributed by atoms with Gasteiger partial charge in [-0.25, -0.2) is 4.79 Å². The molecule has 9 heteroatoms. The molecule has 4 aliphatic rings. The average molecular weight is 474 g/mol. The number of benzene rings is 2. The molecule has 0 saturated carbocycles. The van der Waals surface area contributed by atoms with E-state index in [4.69, 9.17) is 0 Å². The molecule has 9 nitrogen and oxygen atoms in total. The molecule has 5 amide bonds. The molecule has 2 aromatic carbocycles. The van der Waals surface area contributed by atoms with Gasteiger partial charge in [0, 0.05) is 55.5 Å². The van der Waals surface area contributed by atoms with E-state index in [2.05, 4.69) is 27.7 Å². The van der Waals surface area contributed by atoms with Crippen molar-refractivity contribution in [1.29, 1.82) is 0 Å². The van der Waals surface area contributed by atoms with Gasteiger partial charge in [0.25, 0.3) is 5.91 Å². The van der Waals surface area contributed by atoms with Gasteiger partial charge in [-0.1, -0.05) is 18.2 Å². The third kappa shape index (κ3) is 3.80. The summed E-state index contributed by atoms with van der Waals surface area (Å²) in [6.07, 6.45) is 1.61. The molecule has 0 spiro atoms. The van der Waals surface area contributed by atoms with Crippen molar-refractivity contribution < 1.29 is 19.2 Å². The minimum absolute atomic E-state index is 0.140. The molecule has 2 unspecified atom stereocenters. The van der Waals surface area contributed by atoms with Gasteiger partial charge in [-0.15, -0.1) is 0 Å². The lowest BCUT2D eigenvalue weighted by molar-refractivity contribution is -0.136. The number of hydrogen-bond acceptors (Lipinski definition) is 5. The summed E-state index contributed by atoms with van der Waals surface area (Å²) in [6.45, 7) is 2.70. The van der Waals surface area contributed by atoms with Gasteiger partial charge >= 0.3 is 6.03 Å². The molecule has 2 N–H and O–H groups in total. The lowest BCUT2D eigenvalue weighted by Gasteiger charge is -2.29. The number of hydrogen-bond donors (Lipinski definition) is 2. The summed E-state index contributed by atoms with van der Waals surface area (Å²) in [5.74, 6) is -0.500. The van der Waals surface area contributed by atoms with E-state index < -0.39 is 11.9 Å². The normalized spacial score (nSPS) is 25.5. The van der Waals surface area contributed by atoms with Crippen molar-refractivity contribution in [3.8, 4) is 0 Å². The van der Waals surface area contributed by atoms with Gasteiger partial charge in [0.05, 0.1) is 6.04 Å². The van der Waals surface area contributed by atoms with E-state index >= 15 is 0 Å². The summed E-state index contributed by atoms with van der Waals surface area (Å²) >= 11 is 0. The average Bonchev–Trinajstić information content (AvgIpc) is 3.53. The Kier molecular flexibility index (Phi) is 5.20. The number of piperidine rings is 1. The molecule has 2 aromatic rings. The second-order valence-electron chi connectivity index (χ2n) is 9.75. The van der Waals surface area contributed by atoms with E-state index in [9.17, 15) is 19.2 Å². The van der Waals surface area contributed by atoms with Crippen LogP contribution in [0.15, 0.2) is 48.5 Å². The first-order valence-electron chi connectivity index (χ1n) is 12.1. The van der Waals surface area contributed by atoms with Crippen molar-refractivity contribution in [3.05, 3.63) is 59.7 Å². The maximum absolute atomic E-state index is 13.1. The number of rotatable bonds is 3. The number of amides is 5. The predicted octanol–water partition coefficient (Wildman–Crippen LogP) is 2.19. The monoisotopic (exact) mass is 473 g/mol. The fourth-order valence-corrected chi connectivity index (χ4v) is 5.92. The molecule has 35 heavy (non-hydrogen) atoms. The smallest absolute Gasteiger partial charge is 0.321 e. The van der Waals surface area contributed by atoms with E-state index in [0.29, 0.717) is 36.2 Å². The molecule has 4 aliphatic heterocycles. The number of imide groups is 1. The predicted molar refractivity (Wildman–Crippen MR) is 129 cm³/mol. The molecule has 180 valence electrons. The first kappa shape index (κ1) is 21.6. The number of nitrogens with zero attached hydrogens (tertiary/aromatic N) is 3. The number of nitrogens with one attached hydrogen (secondary N) is 2. The lowest BCUT2D eigenvalue weighted by Crippen LogP contribution is -2.52. The van der Waals surface area contributed by atoms with Gasteiger partial charge < -0.3 is 20.0 Å². The Bertz CT molecular complexity index is 1220. The van der Waals surface area contributed by atoms with Crippen molar-refractivity contribution >= 4 is 35.1 Å². The molecule has 3 atom stereocenters. The minimum Gasteiger partial charge on any atom is -0.366 e. The third-order valence-electron chi connectivity index (χ3n) is 7.70. The zero-order valence-electron chi connectivity index (χ0n) is 19.3. The molecule has 3 fully saturated rings. The van der Waals surface area contributed by atoms with Crippen LogP contribution in [0.5, 0.6) is 0 Å². The fourth-order valence-electron chi connectivity index (χ4n) is 5.92. The van der Waals surface area contributed by atoms with E-state index in [1.807, 2.05) is 29.2 Å². The summed E-state index contributed by atoms with van der Waals surface area (Å²) in [5.41, 5.74) is 3.13. The molecular weight excluding hydrogens is 446 g/mol. The van der Waals surface area contributed by atoms with Crippen LogP contribution in [-0.4, -0.2) is 65.3 Å². The summed E-state index contributed by atoms with van der Waals surface area (Å²) in [7, 11) is 0. The zero-order valence-corrected chi connectivity index (χ0v) is 19.3. The largest absolute Gasteiger partial charge is 0.366 e. The van der Waals surface area contributed by atoms with Crippen LogP contribution < -0.4 is 15.5 Å². The van der Waals surface area contributed by atoms with Crippen LogP contribution >= 0.6 is 0 Å². The van der Waals surface area contributed by atoms with Crippen molar-refractivity contribution in [2.45, 2.75) is 37.9 Å². The lowest BCUT2D eigenvalue weighted by atomic mass is 10.0. The van der Waals surface area contributed by atoms with Gasteiger partial charge in [-0.2, -0.15) is 0 Å². The van der Waals surface area contributed by atoms with Crippen molar-refractivity contribution in [2.75, 3.05) is 29.9 Å². The van der Waals surface area contributed by atoms with Crippen LogP contribution in [0, 0.1) is 5.92 Å². The molecule has 0 radical (unpaired) electrons. The van der Waals surface area contributed by atoms with Gasteiger partial charge in [-0.3, -0.25) is 19.7 Å². The van der Waals surface area contributed by atoms with Gasteiger partial charge in [0.2, 0.25) is 11.8 Å². The summed E-state index contributed by atoms with van der Waals surface area (Å²) in [4.78, 5) is 55.5. The van der Waals surface area contributed by atoms with E-state index in [1.165, 1.54) is 10.6 Å². The number of urea groups is 1. The van der Waals surface area contributed by atoms with Gasteiger partial charge in [0.15, 0.2) is 0 Å². The highest BCUT2D eigenvalue weighted by Crippen LogP contribution is 2.35. The van der Waals surface area contributed by atoms with Crippen LogP contribution in [-0.2, 0) is 16.1 Å². The Labute approximate surface area is 203 Å². The minimum atomic E-state index is -0.651. The SMILES string of the molecule is O=C1CCC(N2Cc3cc(NC(=O)N4CC5[C@@H](CCN5c5ccccc5)C4)ccc3C2=O)C(=O)N1. The van der Waals surface area contributed by atoms with E-state index in [1.54, 1.807) is 12.1 Å². The Morgan fingerprint density at radius 1 is 0.971 bits per heavy atom. The van der Waals surface area contributed by atoms with Crippen molar-refractivity contribution in [2.24, 2.45) is 5.92 Å². The first-order valence-corrected chi connectivity index (χ1v) is 12.1. The van der Waals surface area contributed by atoms with Crippen LogP contribution in [0.1, 0.15) is 35.2 Å². The van der Waals surface area contributed by atoms with Gasteiger partial charge in [-0.05, 0) is 48.7 Å². The van der Waals surface area contributed by atoms with Crippen molar-refractivity contribution in [3.63, 3.8) is 0 Å². The number of para-hydroxylation sites is 1. The maximum atomic E-state index is 13.1. The molecule has 4 heterocycles. The number of carbonyl (C=O) groups is 4. The van der Waals surface area contributed by atoms with Crippen LogP contribution in [0.4, 0.5) is 16.2 Å². The Balaban J connectivity index is 1.11. The fraction of sp³-hybridized carbons (Fsp3) is 0.385. The highest BCUT2D eigenvalue weighted by atomic mass is 16.2. The van der Waals surface area contributed by atoms with Gasteiger partial charge in [0.1, 0.15) is 6.04 Å². The maximum Gasteiger partial charge on any atom is 0.321 e. The third-order valence-corrected chi connectivity index (χ3v) is 7.70. The number of fused-ring (bicyclic) bond motifs is 2. The Morgan fingerprint density at radius 3 is 2.60 bits per heavy atom. The quantitative estimate of drug-likeness (QED) is 0.666.